The van der Waals surface area contributed by atoms with E-state index in [0.29, 0.717) is 16.9 Å². The second kappa shape index (κ2) is 6.66. The van der Waals surface area contributed by atoms with E-state index in [-0.39, 0.29) is 12.4 Å². The van der Waals surface area contributed by atoms with Crippen molar-refractivity contribution < 1.29 is 14.3 Å². The van der Waals surface area contributed by atoms with Crippen molar-refractivity contribution in [3.63, 3.8) is 0 Å². The summed E-state index contributed by atoms with van der Waals surface area (Å²) in [5, 5.41) is 0. The van der Waals surface area contributed by atoms with Gasteiger partial charge in [-0.15, -0.1) is 0 Å². The number of carbonyl (C=O) groups is 2. The van der Waals surface area contributed by atoms with Gasteiger partial charge in [0.1, 0.15) is 12.0 Å². The van der Waals surface area contributed by atoms with Crippen LogP contribution >= 0.6 is 0 Å². The molecule has 20 heavy (non-hydrogen) atoms. The Morgan fingerprint density at radius 3 is 2.25 bits per heavy atom. The second-order valence-electron chi connectivity index (χ2n) is 4.45. The summed E-state index contributed by atoms with van der Waals surface area (Å²) in [4.78, 5) is 22.5. The third-order valence-corrected chi connectivity index (χ3v) is 3.07. The molecule has 3 heteroatoms. The molecule has 2 aromatic carbocycles. The number of ketones is 1. The molecule has 0 aliphatic carbocycles. The Hall–Kier alpha value is -2.42. The van der Waals surface area contributed by atoms with Gasteiger partial charge in [-0.25, -0.2) is 0 Å². The standard InChI is InChI=1S/C17H16O3/c1-2-13-3-7-15(8-4-13)17(19)12-20-16-9-5-14(11-18)6-10-16/h3-11H,2,12H2,1H3. The van der Waals surface area contributed by atoms with Gasteiger partial charge in [0.15, 0.2) is 12.4 Å². The van der Waals surface area contributed by atoms with Crippen LogP contribution in [0.1, 0.15) is 33.2 Å². The molecule has 0 saturated carbocycles. The van der Waals surface area contributed by atoms with Gasteiger partial charge in [0.05, 0.1) is 0 Å². The van der Waals surface area contributed by atoms with Crippen LogP contribution in [0.2, 0.25) is 0 Å². The third kappa shape index (κ3) is 3.54. The third-order valence-electron chi connectivity index (χ3n) is 3.07. The van der Waals surface area contributed by atoms with Crippen LogP contribution in [0.3, 0.4) is 0 Å². The maximum absolute atomic E-state index is 12.0. The molecule has 0 unspecified atom stereocenters. The highest BCUT2D eigenvalue weighted by atomic mass is 16.5. The van der Waals surface area contributed by atoms with Crippen LogP contribution in [0.4, 0.5) is 0 Å². The molecule has 0 spiro atoms. The van der Waals surface area contributed by atoms with Crippen LogP contribution in [-0.2, 0) is 6.42 Å². The van der Waals surface area contributed by atoms with Crippen molar-refractivity contribution in [1.29, 1.82) is 0 Å². The fourth-order valence-corrected chi connectivity index (χ4v) is 1.80. The quantitative estimate of drug-likeness (QED) is 0.596. The second-order valence-corrected chi connectivity index (χ2v) is 4.45. The Morgan fingerprint density at radius 2 is 1.70 bits per heavy atom. The van der Waals surface area contributed by atoms with E-state index in [0.717, 1.165) is 12.7 Å². The monoisotopic (exact) mass is 268 g/mol. The number of carbonyl (C=O) groups excluding carboxylic acids is 2. The molecule has 0 N–H and O–H groups in total. The van der Waals surface area contributed by atoms with E-state index in [1.807, 2.05) is 24.3 Å². The predicted molar refractivity (Wildman–Crippen MR) is 77.5 cm³/mol. The molecule has 0 aromatic heterocycles. The minimum absolute atomic E-state index is 0.00803. The first-order valence-electron chi connectivity index (χ1n) is 6.53. The summed E-state index contributed by atoms with van der Waals surface area (Å²) in [6, 6.07) is 14.2. The summed E-state index contributed by atoms with van der Waals surface area (Å²) in [5.74, 6) is 0.515. The lowest BCUT2D eigenvalue weighted by Crippen LogP contribution is -2.11. The Labute approximate surface area is 118 Å². The fourth-order valence-electron chi connectivity index (χ4n) is 1.80. The zero-order chi connectivity index (χ0) is 14.4. The molecule has 0 bridgehead atoms. The number of aldehydes is 1. The molecule has 0 heterocycles. The van der Waals surface area contributed by atoms with Crippen LogP contribution in [0.25, 0.3) is 0 Å². The van der Waals surface area contributed by atoms with E-state index in [1.165, 1.54) is 5.56 Å². The van der Waals surface area contributed by atoms with Crippen LogP contribution in [0.15, 0.2) is 48.5 Å². The molecular formula is C17H16O3. The molecule has 0 saturated heterocycles. The summed E-state index contributed by atoms with van der Waals surface area (Å²) in [6.45, 7) is 2.06. The van der Waals surface area contributed by atoms with Crippen molar-refractivity contribution in [3.05, 3.63) is 65.2 Å². The van der Waals surface area contributed by atoms with Crippen LogP contribution < -0.4 is 4.74 Å². The lowest BCUT2D eigenvalue weighted by Gasteiger charge is -2.06. The zero-order valence-corrected chi connectivity index (χ0v) is 11.3. The highest BCUT2D eigenvalue weighted by Crippen LogP contribution is 2.12. The van der Waals surface area contributed by atoms with Gasteiger partial charge in [-0.05, 0) is 36.2 Å². The average Bonchev–Trinajstić information content (AvgIpc) is 2.53. The van der Waals surface area contributed by atoms with Gasteiger partial charge in [0.25, 0.3) is 0 Å². The number of Topliss-reactive ketones (excluding diaryl/α,β-unsaturated/α-hetero) is 1. The van der Waals surface area contributed by atoms with E-state index in [2.05, 4.69) is 6.92 Å². The highest BCUT2D eigenvalue weighted by Gasteiger charge is 2.06. The van der Waals surface area contributed by atoms with Crippen LogP contribution in [0.5, 0.6) is 5.75 Å². The number of rotatable bonds is 6. The highest BCUT2D eigenvalue weighted by molar-refractivity contribution is 5.97. The molecular weight excluding hydrogens is 252 g/mol. The molecule has 3 nitrogen and oxygen atoms in total. The van der Waals surface area contributed by atoms with E-state index in [4.69, 9.17) is 4.74 Å². The van der Waals surface area contributed by atoms with Gasteiger partial charge >= 0.3 is 0 Å². The molecule has 0 aliphatic heterocycles. The zero-order valence-electron chi connectivity index (χ0n) is 11.3. The first-order chi connectivity index (χ1) is 9.72. The molecule has 2 aromatic rings. The average molecular weight is 268 g/mol. The summed E-state index contributed by atoms with van der Waals surface area (Å²) < 4.78 is 5.41. The van der Waals surface area contributed by atoms with Crippen molar-refractivity contribution in [1.82, 2.24) is 0 Å². The van der Waals surface area contributed by atoms with E-state index in [1.54, 1.807) is 24.3 Å². The van der Waals surface area contributed by atoms with Gasteiger partial charge in [0, 0.05) is 11.1 Å². The van der Waals surface area contributed by atoms with E-state index >= 15 is 0 Å². The number of hydrogen-bond donors (Lipinski definition) is 0. The summed E-state index contributed by atoms with van der Waals surface area (Å²) in [7, 11) is 0. The van der Waals surface area contributed by atoms with Crippen molar-refractivity contribution in [2.75, 3.05) is 6.61 Å². The summed E-state index contributed by atoms with van der Waals surface area (Å²) in [5.41, 5.74) is 2.43. The minimum atomic E-state index is -0.0629. The molecule has 0 amide bonds. The van der Waals surface area contributed by atoms with Gasteiger partial charge < -0.3 is 4.74 Å². The lowest BCUT2D eigenvalue weighted by molar-refractivity contribution is 0.0921. The normalized spacial score (nSPS) is 10.1. The Morgan fingerprint density at radius 1 is 1.05 bits per heavy atom. The van der Waals surface area contributed by atoms with E-state index < -0.39 is 0 Å². The van der Waals surface area contributed by atoms with E-state index in [9.17, 15) is 9.59 Å². The van der Waals surface area contributed by atoms with Crippen molar-refractivity contribution in [2.45, 2.75) is 13.3 Å². The van der Waals surface area contributed by atoms with Crippen molar-refractivity contribution in [3.8, 4) is 5.75 Å². The van der Waals surface area contributed by atoms with Crippen molar-refractivity contribution >= 4 is 12.1 Å². The Balaban J connectivity index is 1.94. The molecule has 102 valence electrons. The molecule has 0 radical (unpaired) electrons. The van der Waals surface area contributed by atoms with Gasteiger partial charge in [-0.3, -0.25) is 9.59 Å². The molecule has 2 rings (SSSR count). The summed E-state index contributed by atoms with van der Waals surface area (Å²) >= 11 is 0. The van der Waals surface area contributed by atoms with Gasteiger partial charge in [0.2, 0.25) is 0 Å². The molecule has 0 fully saturated rings. The molecule has 0 aliphatic rings. The number of ether oxygens (including phenoxy) is 1. The van der Waals surface area contributed by atoms with Crippen LogP contribution in [-0.4, -0.2) is 18.7 Å². The summed E-state index contributed by atoms with van der Waals surface area (Å²) in [6.07, 6.45) is 1.72. The maximum atomic E-state index is 12.0. The van der Waals surface area contributed by atoms with Gasteiger partial charge in [-0.1, -0.05) is 31.2 Å². The SMILES string of the molecule is CCc1ccc(C(=O)COc2ccc(C=O)cc2)cc1. The molecule has 0 atom stereocenters. The van der Waals surface area contributed by atoms with Gasteiger partial charge in [-0.2, -0.15) is 0 Å². The van der Waals surface area contributed by atoms with Crippen molar-refractivity contribution in [2.24, 2.45) is 0 Å². The Kier molecular flexibility index (Phi) is 4.66. The smallest absolute Gasteiger partial charge is 0.200 e. The first-order valence-corrected chi connectivity index (χ1v) is 6.53. The minimum Gasteiger partial charge on any atom is -0.485 e. The Bertz CT molecular complexity index is 583. The largest absolute Gasteiger partial charge is 0.485 e. The maximum Gasteiger partial charge on any atom is 0.200 e. The first kappa shape index (κ1) is 14.0. The number of benzene rings is 2. The fraction of sp³-hybridized carbons (Fsp3) is 0.176. The number of hydrogen-bond acceptors (Lipinski definition) is 3. The lowest BCUT2D eigenvalue weighted by atomic mass is 10.1. The number of aryl methyl sites for hydroxylation is 1. The van der Waals surface area contributed by atoms with Crippen LogP contribution in [0, 0.1) is 0 Å². The topological polar surface area (TPSA) is 43.4 Å². The predicted octanol–water partition coefficient (Wildman–Crippen LogP) is 3.32.